The molecule has 0 bridgehead atoms. The van der Waals surface area contributed by atoms with E-state index in [-0.39, 0.29) is 0 Å². The number of imidazole rings is 1. The molecule has 0 amide bonds. The number of rotatable bonds is 5. The smallest absolute Gasteiger partial charge is 0.150 e. The van der Waals surface area contributed by atoms with Gasteiger partial charge in [-0.1, -0.05) is 36.2 Å². The Morgan fingerprint density at radius 3 is 2.70 bits per heavy atom. The summed E-state index contributed by atoms with van der Waals surface area (Å²) in [5, 5.41) is 4.21. The van der Waals surface area contributed by atoms with Gasteiger partial charge in [-0.05, 0) is 24.6 Å². The first-order chi connectivity index (χ1) is 13.2. The standard InChI is InChI=1S/C19H16Cl2N6/c1-2-8-27-17-13(20)4-3-5-15(17)25-19(27)12-9-14(21)18(24-10-12)26-16-11-22-6-7-23-16/h3-7,9-11H,2,8H2,1H3,(H,23,24,26). The zero-order valence-electron chi connectivity index (χ0n) is 14.5. The van der Waals surface area contributed by atoms with Crippen molar-refractivity contribution >= 4 is 45.9 Å². The highest BCUT2D eigenvalue weighted by Crippen LogP contribution is 2.32. The number of hydrogen-bond donors (Lipinski definition) is 1. The van der Waals surface area contributed by atoms with Crippen molar-refractivity contribution in [2.24, 2.45) is 0 Å². The molecule has 0 saturated carbocycles. The zero-order valence-corrected chi connectivity index (χ0v) is 16.0. The second-order valence-electron chi connectivity index (χ2n) is 5.96. The van der Waals surface area contributed by atoms with Crippen LogP contribution in [0.3, 0.4) is 0 Å². The van der Waals surface area contributed by atoms with Gasteiger partial charge < -0.3 is 9.88 Å². The molecule has 3 heterocycles. The Morgan fingerprint density at radius 2 is 1.96 bits per heavy atom. The lowest BCUT2D eigenvalue weighted by atomic mass is 10.2. The Bertz CT molecular complexity index is 1090. The topological polar surface area (TPSA) is 68.5 Å². The lowest BCUT2D eigenvalue weighted by Crippen LogP contribution is -2.02. The molecule has 0 atom stereocenters. The van der Waals surface area contributed by atoms with Crippen molar-refractivity contribution in [2.45, 2.75) is 19.9 Å². The molecule has 0 fully saturated rings. The molecule has 3 aromatic heterocycles. The van der Waals surface area contributed by atoms with Crippen molar-refractivity contribution < 1.29 is 0 Å². The number of pyridine rings is 1. The van der Waals surface area contributed by atoms with Gasteiger partial charge >= 0.3 is 0 Å². The summed E-state index contributed by atoms with van der Waals surface area (Å²) < 4.78 is 2.11. The van der Waals surface area contributed by atoms with E-state index < -0.39 is 0 Å². The van der Waals surface area contributed by atoms with Crippen LogP contribution in [0, 0.1) is 0 Å². The van der Waals surface area contributed by atoms with Crippen LogP contribution in [-0.4, -0.2) is 24.5 Å². The lowest BCUT2D eigenvalue weighted by Gasteiger charge is -2.10. The first-order valence-corrected chi connectivity index (χ1v) is 9.26. The predicted octanol–water partition coefficient (Wildman–Crippen LogP) is 5.35. The first kappa shape index (κ1) is 17.7. The minimum atomic E-state index is 0.472. The van der Waals surface area contributed by atoms with Gasteiger partial charge in [-0.15, -0.1) is 0 Å². The molecule has 4 rings (SSSR count). The van der Waals surface area contributed by atoms with Crippen molar-refractivity contribution in [1.29, 1.82) is 0 Å². The number of halogens is 2. The number of hydrogen-bond acceptors (Lipinski definition) is 5. The maximum absolute atomic E-state index is 6.45. The van der Waals surface area contributed by atoms with Gasteiger partial charge in [0.25, 0.3) is 0 Å². The van der Waals surface area contributed by atoms with E-state index in [0.717, 1.165) is 35.4 Å². The van der Waals surface area contributed by atoms with Gasteiger partial charge in [0.1, 0.15) is 17.5 Å². The van der Waals surface area contributed by atoms with E-state index in [9.17, 15) is 0 Å². The van der Waals surface area contributed by atoms with Gasteiger partial charge in [0.05, 0.1) is 27.3 Å². The van der Waals surface area contributed by atoms with Gasteiger partial charge in [0, 0.05) is 30.7 Å². The number of anilines is 2. The van der Waals surface area contributed by atoms with Crippen molar-refractivity contribution in [3.8, 4) is 11.4 Å². The van der Waals surface area contributed by atoms with Gasteiger partial charge in [-0.2, -0.15) is 0 Å². The number of fused-ring (bicyclic) bond motifs is 1. The van der Waals surface area contributed by atoms with Crippen molar-refractivity contribution in [1.82, 2.24) is 24.5 Å². The Morgan fingerprint density at radius 1 is 1.07 bits per heavy atom. The second kappa shape index (κ2) is 7.50. The Balaban J connectivity index is 1.76. The quantitative estimate of drug-likeness (QED) is 0.490. The fourth-order valence-corrected chi connectivity index (χ4v) is 3.43. The maximum Gasteiger partial charge on any atom is 0.150 e. The van der Waals surface area contributed by atoms with E-state index in [0.29, 0.717) is 21.7 Å². The van der Waals surface area contributed by atoms with Gasteiger partial charge in [0.15, 0.2) is 0 Å². The molecule has 6 nitrogen and oxygen atoms in total. The number of nitrogens with one attached hydrogen (secondary N) is 1. The van der Waals surface area contributed by atoms with Crippen molar-refractivity contribution in [3.63, 3.8) is 0 Å². The molecule has 27 heavy (non-hydrogen) atoms. The molecule has 1 aromatic carbocycles. The average molecular weight is 399 g/mol. The third-order valence-corrected chi connectivity index (χ3v) is 4.67. The summed E-state index contributed by atoms with van der Waals surface area (Å²) in [5.74, 6) is 1.88. The van der Waals surface area contributed by atoms with E-state index in [1.165, 1.54) is 0 Å². The molecule has 0 aliphatic rings. The first-order valence-electron chi connectivity index (χ1n) is 8.51. The molecular weight excluding hydrogens is 383 g/mol. The summed E-state index contributed by atoms with van der Waals surface area (Å²) in [7, 11) is 0. The van der Waals surface area contributed by atoms with E-state index in [2.05, 4.69) is 31.8 Å². The lowest BCUT2D eigenvalue weighted by molar-refractivity contribution is 0.704. The van der Waals surface area contributed by atoms with Crippen LogP contribution in [-0.2, 0) is 6.54 Å². The van der Waals surface area contributed by atoms with E-state index in [4.69, 9.17) is 28.2 Å². The predicted molar refractivity (Wildman–Crippen MR) is 109 cm³/mol. The average Bonchev–Trinajstić information content (AvgIpc) is 3.04. The highest BCUT2D eigenvalue weighted by Gasteiger charge is 2.16. The summed E-state index contributed by atoms with van der Waals surface area (Å²) in [6.45, 7) is 2.92. The Kier molecular flexibility index (Phi) is 4.92. The Hall–Kier alpha value is -2.70. The molecule has 0 spiro atoms. The molecule has 0 aliphatic heterocycles. The van der Waals surface area contributed by atoms with Gasteiger partial charge in [0.2, 0.25) is 0 Å². The molecule has 0 saturated heterocycles. The number of aryl methyl sites for hydroxylation is 1. The van der Waals surface area contributed by atoms with Crippen LogP contribution in [0.25, 0.3) is 22.4 Å². The van der Waals surface area contributed by atoms with Crippen molar-refractivity contribution in [3.05, 3.63) is 59.1 Å². The minimum Gasteiger partial charge on any atom is -0.323 e. The highest BCUT2D eigenvalue weighted by molar-refractivity contribution is 6.35. The fraction of sp³-hybridized carbons (Fsp3) is 0.158. The van der Waals surface area contributed by atoms with Crippen LogP contribution in [0.5, 0.6) is 0 Å². The molecule has 0 unspecified atom stereocenters. The van der Waals surface area contributed by atoms with E-state index >= 15 is 0 Å². The normalized spacial score (nSPS) is 11.1. The maximum atomic E-state index is 6.45. The number of aromatic nitrogens is 5. The van der Waals surface area contributed by atoms with Crippen LogP contribution >= 0.6 is 23.2 Å². The highest BCUT2D eigenvalue weighted by atomic mass is 35.5. The van der Waals surface area contributed by atoms with Crippen LogP contribution in [0.15, 0.2) is 49.1 Å². The van der Waals surface area contributed by atoms with E-state index in [1.807, 2.05) is 24.3 Å². The zero-order chi connectivity index (χ0) is 18.8. The largest absolute Gasteiger partial charge is 0.323 e. The van der Waals surface area contributed by atoms with Crippen LogP contribution < -0.4 is 5.32 Å². The SMILES string of the molecule is CCCn1c(-c2cnc(Nc3cnccn3)c(Cl)c2)nc2cccc(Cl)c21. The number of nitrogens with zero attached hydrogens (tertiary/aromatic N) is 5. The molecule has 8 heteroatoms. The summed E-state index contributed by atoms with van der Waals surface area (Å²) in [6, 6.07) is 7.57. The van der Waals surface area contributed by atoms with Crippen molar-refractivity contribution in [2.75, 3.05) is 5.32 Å². The molecule has 1 N–H and O–H groups in total. The molecular formula is C19H16Cl2N6. The Labute approximate surface area is 166 Å². The monoisotopic (exact) mass is 398 g/mol. The van der Waals surface area contributed by atoms with Crippen LogP contribution in [0.4, 0.5) is 11.6 Å². The third-order valence-electron chi connectivity index (χ3n) is 4.07. The van der Waals surface area contributed by atoms with Gasteiger partial charge in [-0.25, -0.2) is 15.0 Å². The minimum absolute atomic E-state index is 0.472. The number of benzene rings is 1. The fourth-order valence-electron chi connectivity index (χ4n) is 2.94. The van der Waals surface area contributed by atoms with Crippen LogP contribution in [0.1, 0.15) is 13.3 Å². The van der Waals surface area contributed by atoms with E-state index in [1.54, 1.807) is 24.8 Å². The molecule has 0 radical (unpaired) electrons. The third kappa shape index (κ3) is 3.46. The molecule has 4 aromatic rings. The summed E-state index contributed by atoms with van der Waals surface area (Å²) in [5.41, 5.74) is 2.60. The summed E-state index contributed by atoms with van der Waals surface area (Å²) in [6.07, 6.45) is 7.51. The summed E-state index contributed by atoms with van der Waals surface area (Å²) in [4.78, 5) is 17.4. The van der Waals surface area contributed by atoms with Gasteiger partial charge in [-0.3, -0.25) is 4.98 Å². The number of para-hydroxylation sites is 1. The summed E-state index contributed by atoms with van der Waals surface area (Å²) >= 11 is 12.9. The second-order valence-corrected chi connectivity index (χ2v) is 6.78. The molecule has 136 valence electrons. The van der Waals surface area contributed by atoms with Crippen LogP contribution in [0.2, 0.25) is 10.0 Å². The molecule has 0 aliphatic carbocycles.